The van der Waals surface area contributed by atoms with Gasteiger partial charge in [-0.3, -0.25) is 4.79 Å². The van der Waals surface area contributed by atoms with E-state index in [9.17, 15) is 20.1 Å². The van der Waals surface area contributed by atoms with Crippen molar-refractivity contribution in [2.24, 2.45) is 0 Å². The van der Waals surface area contributed by atoms with E-state index >= 15 is 0 Å². The molecular weight excluding hydrogens is 751 g/mol. The van der Waals surface area contributed by atoms with E-state index in [1.807, 2.05) is 0 Å². The summed E-state index contributed by atoms with van der Waals surface area (Å²) >= 11 is 0. The number of nitrogens with one attached hydrogen (secondary N) is 1. The summed E-state index contributed by atoms with van der Waals surface area (Å²) in [6.45, 7) is 4.23. The van der Waals surface area contributed by atoms with Gasteiger partial charge in [-0.05, 0) is 12.8 Å². The largest absolute Gasteiger partial charge is 0.394 e. The molecule has 0 rings (SSSR count). The number of carbonyl (C=O) groups is 1. The lowest BCUT2D eigenvalue weighted by molar-refractivity contribution is -0.124. The second-order valence-electron chi connectivity index (χ2n) is 19.9. The highest BCUT2D eigenvalue weighted by atomic mass is 16.3. The van der Waals surface area contributed by atoms with Crippen molar-refractivity contribution in [2.75, 3.05) is 6.61 Å². The van der Waals surface area contributed by atoms with Crippen LogP contribution in [0.3, 0.4) is 0 Å². The van der Waals surface area contributed by atoms with Gasteiger partial charge in [0.2, 0.25) is 5.91 Å². The van der Waals surface area contributed by atoms with Crippen molar-refractivity contribution in [1.29, 1.82) is 0 Å². The predicted octanol–water partition coefficient (Wildman–Crippen LogP) is 17.3. The van der Waals surface area contributed by atoms with Crippen LogP contribution in [0.4, 0.5) is 0 Å². The molecule has 0 aromatic carbocycles. The highest BCUT2D eigenvalue weighted by Gasteiger charge is 2.26. The standard InChI is InChI=1S/C56H113NO4/c1-3-5-7-9-11-13-15-17-19-21-23-25-26-27-28-29-30-31-33-35-37-39-41-43-45-47-49-51-55(60)57-53(52-58)56(61)54(59)50-48-46-44-42-40-38-36-34-32-24-22-20-18-16-14-12-10-8-6-4-2/h53-54,56,58-59,61H,3-52H2,1-2H3,(H,57,60). The minimum atomic E-state index is -1.13. The van der Waals surface area contributed by atoms with Crippen LogP contribution in [0.2, 0.25) is 0 Å². The molecule has 366 valence electrons. The molecule has 3 unspecified atom stereocenters. The average molecular weight is 865 g/mol. The molecule has 0 aliphatic heterocycles. The maximum absolute atomic E-state index is 12.5. The van der Waals surface area contributed by atoms with E-state index in [0.29, 0.717) is 12.8 Å². The summed E-state index contributed by atoms with van der Waals surface area (Å²) in [7, 11) is 0. The molecular formula is C56H113NO4. The van der Waals surface area contributed by atoms with E-state index in [1.54, 1.807) is 0 Å². The Morgan fingerprint density at radius 2 is 0.557 bits per heavy atom. The van der Waals surface area contributed by atoms with Crippen molar-refractivity contribution in [1.82, 2.24) is 5.32 Å². The zero-order valence-corrected chi connectivity index (χ0v) is 41.8. The number of rotatable bonds is 53. The predicted molar refractivity (Wildman–Crippen MR) is 269 cm³/mol. The van der Waals surface area contributed by atoms with Gasteiger partial charge in [0.15, 0.2) is 0 Å². The Hall–Kier alpha value is -0.650. The Morgan fingerprint density at radius 1 is 0.344 bits per heavy atom. The Balaban J connectivity index is 3.48. The summed E-state index contributed by atoms with van der Waals surface area (Å²) in [5, 5.41) is 33.8. The van der Waals surface area contributed by atoms with Crippen molar-refractivity contribution in [3.05, 3.63) is 0 Å². The molecule has 0 aliphatic carbocycles. The lowest BCUT2D eigenvalue weighted by Gasteiger charge is -2.26. The van der Waals surface area contributed by atoms with Crippen LogP contribution >= 0.6 is 0 Å². The molecule has 0 aliphatic rings. The van der Waals surface area contributed by atoms with Crippen molar-refractivity contribution >= 4 is 5.91 Å². The third kappa shape index (κ3) is 47.1. The van der Waals surface area contributed by atoms with Crippen molar-refractivity contribution < 1.29 is 20.1 Å². The molecule has 0 aromatic heterocycles. The van der Waals surface area contributed by atoms with Gasteiger partial charge in [0.25, 0.3) is 0 Å². The van der Waals surface area contributed by atoms with Gasteiger partial charge in [0.1, 0.15) is 6.10 Å². The van der Waals surface area contributed by atoms with Crippen LogP contribution in [-0.2, 0) is 4.79 Å². The third-order valence-electron chi connectivity index (χ3n) is 13.7. The summed E-state index contributed by atoms with van der Waals surface area (Å²) in [4.78, 5) is 12.5. The fraction of sp³-hybridized carbons (Fsp3) is 0.982. The minimum Gasteiger partial charge on any atom is -0.394 e. The first kappa shape index (κ1) is 60.4. The highest BCUT2D eigenvalue weighted by Crippen LogP contribution is 2.19. The van der Waals surface area contributed by atoms with E-state index < -0.39 is 18.2 Å². The third-order valence-corrected chi connectivity index (χ3v) is 13.7. The summed E-state index contributed by atoms with van der Waals surface area (Å²) in [6, 6.07) is -0.804. The molecule has 3 atom stereocenters. The fourth-order valence-corrected chi connectivity index (χ4v) is 9.34. The zero-order valence-electron chi connectivity index (χ0n) is 41.8. The van der Waals surface area contributed by atoms with E-state index in [4.69, 9.17) is 0 Å². The normalized spacial score (nSPS) is 13.2. The SMILES string of the molecule is CCCCCCCCCCCCCCCCCCCCCCCCCCCCCC(=O)NC(CO)C(O)C(O)CCCCCCCCCCCCCCCCCCCCCC. The molecule has 0 saturated heterocycles. The van der Waals surface area contributed by atoms with E-state index in [1.165, 1.54) is 270 Å². The first-order valence-corrected chi connectivity index (χ1v) is 28.3. The van der Waals surface area contributed by atoms with E-state index in [0.717, 1.165) is 32.1 Å². The second kappa shape index (κ2) is 52.0. The van der Waals surface area contributed by atoms with Crippen LogP contribution in [0.15, 0.2) is 0 Å². The van der Waals surface area contributed by atoms with Crippen LogP contribution in [0.25, 0.3) is 0 Å². The number of hydrogen-bond acceptors (Lipinski definition) is 4. The van der Waals surface area contributed by atoms with Crippen LogP contribution in [0.5, 0.6) is 0 Å². The van der Waals surface area contributed by atoms with Crippen molar-refractivity contribution in [2.45, 2.75) is 347 Å². The van der Waals surface area contributed by atoms with Gasteiger partial charge in [-0.2, -0.15) is 0 Å². The second-order valence-corrected chi connectivity index (χ2v) is 19.9. The maximum Gasteiger partial charge on any atom is 0.220 e. The van der Waals surface area contributed by atoms with Crippen LogP contribution in [0, 0.1) is 0 Å². The number of carbonyl (C=O) groups excluding carboxylic acids is 1. The molecule has 0 bridgehead atoms. The average Bonchev–Trinajstić information content (AvgIpc) is 3.26. The molecule has 61 heavy (non-hydrogen) atoms. The number of amides is 1. The van der Waals surface area contributed by atoms with Gasteiger partial charge >= 0.3 is 0 Å². The molecule has 0 aromatic rings. The molecule has 0 radical (unpaired) electrons. The molecule has 0 fully saturated rings. The summed E-state index contributed by atoms with van der Waals surface area (Å²) in [5.74, 6) is -0.135. The van der Waals surface area contributed by atoms with E-state index in [-0.39, 0.29) is 12.5 Å². The monoisotopic (exact) mass is 864 g/mol. The van der Waals surface area contributed by atoms with E-state index in [2.05, 4.69) is 19.2 Å². The van der Waals surface area contributed by atoms with Crippen molar-refractivity contribution in [3.63, 3.8) is 0 Å². The lowest BCUT2D eigenvalue weighted by atomic mass is 9.99. The van der Waals surface area contributed by atoms with Gasteiger partial charge in [-0.15, -0.1) is 0 Å². The summed E-state index contributed by atoms with van der Waals surface area (Å²) < 4.78 is 0. The summed E-state index contributed by atoms with van der Waals surface area (Å²) in [5.41, 5.74) is 0. The first-order valence-electron chi connectivity index (χ1n) is 28.3. The van der Waals surface area contributed by atoms with Gasteiger partial charge in [0, 0.05) is 6.42 Å². The molecule has 0 spiro atoms. The van der Waals surface area contributed by atoms with Gasteiger partial charge in [0.05, 0.1) is 18.8 Å². The molecule has 0 heterocycles. The number of hydrogen-bond donors (Lipinski definition) is 4. The Kier molecular flexibility index (Phi) is 51.4. The van der Waals surface area contributed by atoms with Gasteiger partial charge < -0.3 is 20.6 Å². The Labute approximate surface area is 383 Å². The Bertz CT molecular complexity index is 822. The molecule has 5 nitrogen and oxygen atoms in total. The van der Waals surface area contributed by atoms with Crippen LogP contribution < -0.4 is 5.32 Å². The highest BCUT2D eigenvalue weighted by molar-refractivity contribution is 5.76. The molecule has 1 amide bonds. The maximum atomic E-state index is 12.5. The quantitative estimate of drug-likeness (QED) is 0.0459. The van der Waals surface area contributed by atoms with Crippen LogP contribution in [-0.4, -0.2) is 46.1 Å². The number of aliphatic hydroxyl groups excluding tert-OH is 3. The topological polar surface area (TPSA) is 89.8 Å². The number of unbranched alkanes of at least 4 members (excludes halogenated alkanes) is 45. The lowest BCUT2D eigenvalue weighted by Crippen LogP contribution is -2.50. The smallest absolute Gasteiger partial charge is 0.220 e. The first-order chi connectivity index (χ1) is 30.1. The molecule has 4 N–H and O–H groups in total. The molecule has 5 heteroatoms. The zero-order chi connectivity index (χ0) is 44.4. The van der Waals surface area contributed by atoms with Gasteiger partial charge in [-0.1, -0.05) is 309 Å². The number of aliphatic hydroxyl groups is 3. The van der Waals surface area contributed by atoms with Gasteiger partial charge in [-0.25, -0.2) is 0 Å². The fourth-order valence-electron chi connectivity index (χ4n) is 9.34. The van der Waals surface area contributed by atoms with Crippen molar-refractivity contribution in [3.8, 4) is 0 Å². The summed E-state index contributed by atoms with van der Waals surface area (Å²) in [6.07, 6.45) is 62.6. The minimum absolute atomic E-state index is 0.135. The van der Waals surface area contributed by atoms with Crippen LogP contribution in [0.1, 0.15) is 328 Å². The molecule has 0 saturated carbocycles. The Morgan fingerprint density at radius 3 is 0.787 bits per heavy atom.